The molecule has 2 aromatic carbocycles. The number of amides is 1. The second-order valence-electron chi connectivity index (χ2n) is 6.47. The highest BCUT2D eigenvalue weighted by Gasteiger charge is 2.14. The van der Waals surface area contributed by atoms with Crippen molar-refractivity contribution in [3.8, 4) is 11.5 Å². The minimum Gasteiger partial charge on any atom is -0.492 e. The third-order valence-electron chi connectivity index (χ3n) is 4.03. The first-order valence-electron chi connectivity index (χ1n) is 8.58. The van der Waals surface area contributed by atoms with Gasteiger partial charge in [-0.2, -0.15) is 0 Å². The number of carbonyl (C=O) groups is 1. The molecule has 1 N–H and O–H groups in total. The van der Waals surface area contributed by atoms with E-state index in [0.29, 0.717) is 18.9 Å². The van der Waals surface area contributed by atoms with Crippen LogP contribution in [0.15, 0.2) is 36.4 Å². The fraction of sp³-hybridized carbons (Fsp3) is 0.381. The lowest BCUT2D eigenvalue weighted by molar-refractivity contribution is -0.127. The Morgan fingerprint density at radius 3 is 2.28 bits per heavy atom. The van der Waals surface area contributed by atoms with Crippen LogP contribution in [-0.2, 0) is 4.79 Å². The molecule has 0 heterocycles. The molecule has 0 aliphatic carbocycles. The van der Waals surface area contributed by atoms with Crippen LogP contribution < -0.4 is 14.8 Å². The first kappa shape index (κ1) is 18.8. The van der Waals surface area contributed by atoms with Crippen LogP contribution in [0.25, 0.3) is 0 Å². The lowest BCUT2D eigenvalue weighted by atomic mass is 10.1. The average Bonchev–Trinajstić information content (AvgIpc) is 2.54. The monoisotopic (exact) mass is 341 g/mol. The summed E-state index contributed by atoms with van der Waals surface area (Å²) in [5, 5.41) is 2.84. The fourth-order valence-electron chi connectivity index (χ4n) is 2.55. The summed E-state index contributed by atoms with van der Waals surface area (Å²) in [7, 11) is 0. The summed E-state index contributed by atoms with van der Waals surface area (Å²) in [6, 6.07) is 11.9. The maximum absolute atomic E-state index is 12.1. The lowest BCUT2D eigenvalue weighted by Crippen LogP contribution is -2.38. The molecule has 2 rings (SSSR count). The van der Waals surface area contributed by atoms with E-state index in [1.165, 1.54) is 5.56 Å². The maximum atomic E-state index is 12.1. The Morgan fingerprint density at radius 1 is 0.960 bits per heavy atom. The smallest absolute Gasteiger partial charge is 0.260 e. The molecule has 4 heteroatoms. The van der Waals surface area contributed by atoms with Crippen LogP contribution in [0.4, 0.5) is 0 Å². The van der Waals surface area contributed by atoms with Gasteiger partial charge in [0.05, 0.1) is 6.54 Å². The Morgan fingerprint density at radius 2 is 1.64 bits per heavy atom. The molecule has 1 amide bonds. The maximum Gasteiger partial charge on any atom is 0.260 e. The van der Waals surface area contributed by atoms with E-state index in [0.717, 1.165) is 22.4 Å². The van der Waals surface area contributed by atoms with E-state index in [1.807, 2.05) is 58.0 Å². The Balaban J connectivity index is 1.76. The van der Waals surface area contributed by atoms with Gasteiger partial charge in [-0.25, -0.2) is 0 Å². The van der Waals surface area contributed by atoms with Crippen molar-refractivity contribution in [2.45, 2.75) is 40.7 Å². The molecule has 0 fully saturated rings. The predicted octanol–water partition coefficient (Wildman–Crippen LogP) is 3.88. The Kier molecular flexibility index (Phi) is 6.45. The summed E-state index contributed by atoms with van der Waals surface area (Å²) in [6.07, 6.45) is -0.552. The van der Waals surface area contributed by atoms with Crippen molar-refractivity contribution in [3.63, 3.8) is 0 Å². The third-order valence-corrected chi connectivity index (χ3v) is 4.03. The summed E-state index contributed by atoms with van der Waals surface area (Å²) in [5.41, 5.74) is 4.67. The molecule has 1 unspecified atom stereocenters. The summed E-state index contributed by atoms with van der Waals surface area (Å²) < 4.78 is 11.4. The molecule has 0 aromatic heterocycles. The molecule has 0 aliphatic heterocycles. The second kappa shape index (κ2) is 8.56. The molecule has 0 spiro atoms. The molecule has 1 atom stereocenters. The van der Waals surface area contributed by atoms with Crippen LogP contribution in [0.1, 0.15) is 29.2 Å². The number of aryl methyl sites for hydroxylation is 4. The van der Waals surface area contributed by atoms with Crippen molar-refractivity contribution in [2.75, 3.05) is 13.2 Å². The van der Waals surface area contributed by atoms with E-state index in [2.05, 4.69) is 11.4 Å². The summed E-state index contributed by atoms with van der Waals surface area (Å²) in [6.45, 7) is 10.7. The van der Waals surface area contributed by atoms with Gasteiger partial charge in [-0.15, -0.1) is 0 Å². The van der Waals surface area contributed by atoms with Crippen molar-refractivity contribution in [1.29, 1.82) is 0 Å². The Bertz CT molecular complexity index is 720. The highest BCUT2D eigenvalue weighted by Crippen LogP contribution is 2.18. The van der Waals surface area contributed by atoms with Crippen molar-refractivity contribution < 1.29 is 14.3 Å². The van der Waals surface area contributed by atoms with Gasteiger partial charge in [0.2, 0.25) is 0 Å². The molecule has 0 bridgehead atoms. The first-order valence-corrected chi connectivity index (χ1v) is 8.58. The minimum absolute atomic E-state index is 0.151. The van der Waals surface area contributed by atoms with Crippen molar-refractivity contribution in [3.05, 3.63) is 58.7 Å². The molecular weight excluding hydrogens is 314 g/mol. The molecule has 0 saturated heterocycles. The van der Waals surface area contributed by atoms with Crippen molar-refractivity contribution in [1.82, 2.24) is 5.32 Å². The SMILES string of the molecule is Cc1cc(C)cc(OCCNC(=O)C(C)Oc2ccc(C)c(C)c2)c1. The van der Waals surface area contributed by atoms with Crippen LogP contribution in [0.3, 0.4) is 0 Å². The zero-order valence-electron chi connectivity index (χ0n) is 15.7. The van der Waals surface area contributed by atoms with Crippen molar-refractivity contribution >= 4 is 5.91 Å². The van der Waals surface area contributed by atoms with Crippen LogP contribution >= 0.6 is 0 Å². The molecule has 4 nitrogen and oxygen atoms in total. The number of benzene rings is 2. The largest absolute Gasteiger partial charge is 0.492 e. The predicted molar refractivity (Wildman–Crippen MR) is 100 cm³/mol. The van der Waals surface area contributed by atoms with Gasteiger partial charge >= 0.3 is 0 Å². The van der Waals surface area contributed by atoms with Gasteiger partial charge in [0.25, 0.3) is 5.91 Å². The third kappa shape index (κ3) is 5.82. The molecule has 0 saturated carbocycles. The molecule has 0 aliphatic rings. The van der Waals surface area contributed by atoms with E-state index in [4.69, 9.17) is 9.47 Å². The van der Waals surface area contributed by atoms with E-state index in [1.54, 1.807) is 6.92 Å². The molecule has 25 heavy (non-hydrogen) atoms. The van der Waals surface area contributed by atoms with Crippen LogP contribution in [0.2, 0.25) is 0 Å². The van der Waals surface area contributed by atoms with Crippen LogP contribution in [0.5, 0.6) is 11.5 Å². The van der Waals surface area contributed by atoms with Crippen molar-refractivity contribution in [2.24, 2.45) is 0 Å². The average molecular weight is 341 g/mol. The Labute approximate surface area is 150 Å². The zero-order valence-corrected chi connectivity index (χ0v) is 15.7. The standard InChI is InChI=1S/C21H27NO3/c1-14-10-15(2)12-20(11-14)24-9-8-22-21(23)18(5)25-19-7-6-16(3)17(4)13-19/h6-7,10-13,18H,8-9H2,1-5H3,(H,22,23). The van der Waals surface area contributed by atoms with Gasteiger partial charge in [-0.1, -0.05) is 12.1 Å². The number of rotatable bonds is 7. The van der Waals surface area contributed by atoms with E-state index in [-0.39, 0.29) is 5.91 Å². The van der Waals surface area contributed by atoms with E-state index in [9.17, 15) is 4.79 Å². The Hall–Kier alpha value is -2.49. The van der Waals surface area contributed by atoms with E-state index < -0.39 is 6.10 Å². The molecule has 2 aromatic rings. The normalized spacial score (nSPS) is 11.7. The highest BCUT2D eigenvalue weighted by atomic mass is 16.5. The minimum atomic E-state index is -0.552. The van der Waals surface area contributed by atoms with Gasteiger partial charge in [0.1, 0.15) is 18.1 Å². The quantitative estimate of drug-likeness (QED) is 0.778. The first-order chi connectivity index (χ1) is 11.8. The lowest BCUT2D eigenvalue weighted by Gasteiger charge is -2.16. The summed E-state index contributed by atoms with van der Waals surface area (Å²) in [4.78, 5) is 12.1. The van der Waals surface area contributed by atoms with Crippen LogP contribution in [0, 0.1) is 27.7 Å². The number of nitrogens with one attached hydrogen (secondary N) is 1. The van der Waals surface area contributed by atoms with Gasteiger partial charge in [-0.05, 0) is 81.1 Å². The molecular formula is C21H27NO3. The van der Waals surface area contributed by atoms with Gasteiger partial charge in [0.15, 0.2) is 6.10 Å². The molecule has 0 radical (unpaired) electrons. The number of carbonyl (C=O) groups excluding carboxylic acids is 1. The van der Waals surface area contributed by atoms with Crippen LogP contribution in [-0.4, -0.2) is 25.2 Å². The van der Waals surface area contributed by atoms with E-state index >= 15 is 0 Å². The highest BCUT2D eigenvalue weighted by molar-refractivity contribution is 5.80. The summed E-state index contributed by atoms with van der Waals surface area (Å²) in [5.74, 6) is 1.38. The summed E-state index contributed by atoms with van der Waals surface area (Å²) >= 11 is 0. The number of ether oxygens (including phenoxy) is 2. The number of hydrogen-bond donors (Lipinski definition) is 1. The fourth-order valence-corrected chi connectivity index (χ4v) is 2.55. The second-order valence-corrected chi connectivity index (χ2v) is 6.47. The topological polar surface area (TPSA) is 47.6 Å². The molecule has 134 valence electrons. The van der Waals surface area contributed by atoms with Gasteiger partial charge in [0, 0.05) is 0 Å². The van der Waals surface area contributed by atoms with Gasteiger partial charge < -0.3 is 14.8 Å². The number of hydrogen-bond acceptors (Lipinski definition) is 3. The zero-order chi connectivity index (χ0) is 18.4. The van der Waals surface area contributed by atoms with Gasteiger partial charge in [-0.3, -0.25) is 4.79 Å².